The average molecular weight is 184 g/mol. The van der Waals surface area contributed by atoms with Crippen molar-refractivity contribution in [3.05, 3.63) is 0 Å². The van der Waals surface area contributed by atoms with E-state index in [1.54, 1.807) is 0 Å². The van der Waals surface area contributed by atoms with E-state index in [4.69, 9.17) is 10.5 Å². The fraction of sp³-hybridized carbons (Fsp3) is 0.889. The number of carbonyl (C=O) groups excluding carboxylic acids is 1. The molecule has 1 unspecified atom stereocenters. The van der Waals surface area contributed by atoms with Crippen LogP contribution in [0.4, 0.5) is 0 Å². The lowest BCUT2D eigenvalue weighted by Gasteiger charge is -2.39. The molecule has 74 valence electrons. The van der Waals surface area contributed by atoms with Crippen LogP contribution in [0.3, 0.4) is 0 Å². The molecule has 1 aliphatic carbocycles. The van der Waals surface area contributed by atoms with Crippen LogP contribution in [0, 0.1) is 0 Å². The van der Waals surface area contributed by atoms with E-state index in [0.29, 0.717) is 19.1 Å². The highest BCUT2D eigenvalue weighted by Gasteiger charge is 2.41. The summed E-state index contributed by atoms with van der Waals surface area (Å²) in [4.78, 5) is 13.4. The average Bonchev–Trinajstić information content (AvgIpc) is 2.93. The summed E-state index contributed by atoms with van der Waals surface area (Å²) in [6, 6.07) is 0.474. The second-order valence-electron chi connectivity index (χ2n) is 4.20. The first-order chi connectivity index (χ1) is 6.14. The van der Waals surface area contributed by atoms with Crippen molar-refractivity contribution in [2.75, 3.05) is 19.7 Å². The highest BCUT2D eigenvalue weighted by atomic mass is 16.5. The molecular weight excluding hydrogens is 168 g/mol. The van der Waals surface area contributed by atoms with Gasteiger partial charge in [-0.3, -0.25) is 4.79 Å². The molecule has 0 aromatic rings. The Morgan fingerprint density at radius 3 is 2.92 bits per heavy atom. The largest absolute Gasteiger partial charge is 0.362 e. The summed E-state index contributed by atoms with van der Waals surface area (Å²) >= 11 is 0. The molecular formula is C9H16N2O2. The van der Waals surface area contributed by atoms with E-state index < -0.39 is 0 Å². The number of hydrogen-bond donors (Lipinski definition) is 1. The normalized spacial score (nSPS) is 35.2. The first-order valence-electron chi connectivity index (χ1n) is 4.78. The molecule has 0 radical (unpaired) electrons. The molecule has 1 saturated heterocycles. The van der Waals surface area contributed by atoms with Crippen molar-refractivity contribution in [3.63, 3.8) is 0 Å². The Labute approximate surface area is 78.0 Å². The fourth-order valence-electron chi connectivity index (χ4n) is 1.66. The molecule has 0 aromatic heterocycles. The van der Waals surface area contributed by atoms with Gasteiger partial charge < -0.3 is 15.4 Å². The predicted molar refractivity (Wildman–Crippen MR) is 48.1 cm³/mol. The molecule has 1 atom stereocenters. The molecule has 1 aliphatic heterocycles. The molecule has 4 heteroatoms. The Balaban J connectivity index is 2.04. The summed E-state index contributed by atoms with van der Waals surface area (Å²) < 4.78 is 5.42. The van der Waals surface area contributed by atoms with Crippen molar-refractivity contribution in [1.29, 1.82) is 0 Å². The van der Waals surface area contributed by atoms with Crippen LogP contribution in [0.5, 0.6) is 0 Å². The Morgan fingerprint density at radius 1 is 1.69 bits per heavy atom. The molecule has 2 fully saturated rings. The van der Waals surface area contributed by atoms with Crippen LogP contribution < -0.4 is 5.73 Å². The first-order valence-corrected chi connectivity index (χ1v) is 4.78. The van der Waals surface area contributed by atoms with Crippen molar-refractivity contribution >= 4 is 5.91 Å². The molecule has 0 aromatic carbocycles. The van der Waals surface area contributed by atoms with Gasteiger partial charge >= 0.3 is 0 Å². The van der Waals surface area contributed by atoms with E-state index in [2.05, 4.69) is 0 Å². The number of amides is 1. The number of ether oxygens (including phenoxy) is 1. The molecule has 13 heavy (non-hydrogen) atoms. The number of carbonyl (C=O) groups is 1. The molecule has 2 N–H and O–H groups in total. The third-order valence-electron chi connectivity index (χ3n) is 2.79. The summed E-state index contributed by atoms with van der Waals surface area (Å²) in [5, 5.41) is 0. The molecule has 0 bridgehead atoms. The molecule has 2 rings (SSSR count). The van der Waals surface area contributed by atoms with Gasteiger partial charge in [-0.05, 0) is 19.8 Å². The van der Waals surface area contributed by atoms with Gasteiger partial charge in [-0.25, -0.2) is 0 Å². The fourth-order valence-corrected chi connectivity index (χ4v) is 1.66. The lowest BCUT2D eigenvalue weighted by atomic mass is 10.0. The number of morpholine rings is 1. The zero-order chi connectivity index (χ0) is 9.47. The predicted octanol–water partition coefficient (Wildman–Crippen LogP) is -0.275. The van der Waals surface area contributed by atoms with Crippen LogP contribution >= 0.6 is 0 Å². The summed E-state index contributed by atoms with van der Waals surface area (Å²) in [6.45, 7) is 3.30. The van der Waals surface area contributed by atoms with Gasteiger partial charge in [0.25, 0.3) is 0 Å². The van der Waals surface area contributed by atoms with Crippen LogP contribution in [-0.4, -0.2) is 42.1 Å². The van der Waals surface area contributed by atoms with E-state index in [1.165, 1.54) is 0 Å². The lowest BCUT2D eigenvalue weighted by molar-refractivity contribution is -0.160. The smallest absolute Gasteiger partial charge is 0.248 e. The van der Waals surface area contributed by atoms with Crippen molar-refractivity contribution in [2.24, 2.45) is 5.73 Å². The third-order valence-corrected chi connectivity index (χ3v) is 2.79. The van der Waals surface area contributed by atoms with E-state index in [1.807, 2.05) is 11.8 Å². The molecule has 2 aliphatic rings. The van der Waals surface area contributed by atoms with Gasteiger partial charge in [0.1, 0.15) is 6.61 Å². The second-order valence-corrected chi connectivity index (χ2v) is 4.20. The summed E-state index contributed by atoms with van der Waals surface area (Å²) in [5.74, 6) is 0.119. The SMILES string of the molecule is CC1(CN)CN(C2CC2)C(=O)CO1. The maximum Gasteiger partial charge on any atom is 0.248 e. The van der Waals surface area contributed by atoms with Gasteiger partial charge in [0.2, 0.25) is 5.91 Å². The number of rotatable bonds is 2. The van der Waals surface area contributed by atoms with Gasteiger partial charge in [-0.2, -0.15) is 0 Å². The zero-order valence-corrected chi connectivity index (χ0v) is 7.95. The molecule has 1 heterocycles. The summed E-state index contributed by atoms with van der Waals surface area (Å²) in [6.07, 6.45) is 2.29. The highest BCUT2D eigenvalue weighted by molar-refractivity contribution is 5.79. The van der Waals surface area contributed by atoms with Crippen molar-refractivity contribution in [3.8, 4) is 0 Å². The van der Waals surface area contributed by atoms with E-state index >= 15 is 0 Å². The standard InChI is InChI=1S/C9H16N2O2/c1-9(5-10)6-11(7-2-3-7)8(12)4-13-9/h7H,2-6,10H2,1H3. The Bertz CT molecular complexity index is 228. The minimum atomic E-state index is -0.323. The molecule has 1 saturated carbocycles. The monoisotopic (exact) mass is 184 g/mol. The minimum Gasteiger partial charge on any atom is -0.362 e. The van der Waals surface area contributed by atoms with E-state index in [-0.39, 0.29) is 18.1 Å². The number of nitrogens with two attached hydrogens (primary N) is 1. The maximum absolute atomic E-state index is 11.4. The number of hydrogen-bond acceptors (Lipinski definition) is 3. The van der Waals surface area contributed by atoms with Crippen LogP contribution in [0.2, 0.25) is 0 Å². The van der Waals surface area contributed by atoms with Crippen LogP contribution in [0.25, 0.3) is 0 Å². The van der Waals surface area contributed by atoms with Gasteiger partial charge in [0.15, 0.2) is 0 Å². The van der Waals surface area contributed by atoms with Crippen LogP contribution in [-0.2, 0) is 9.53 Å². The van der Waals surface area contributed by atoms with Gasteiger partial charge in [-0.1, -0.05) is 0 Å². The molecule has 4 nitrogen and oxygen atoms in total. The van der Waals surface area contributed by atoms with Crippen molar-refractivity contribution in [1.82, 2.24) is 4.90 Å². The van der Waals surface area contributed by atoms with Crippen molar-refractivity contribution in [2.45, 2.75) is 31.4 Å². The summed E-state index contributed by atoms with van der Waals surface area (Å²) in [7, 11) is 0. The number of nitrogens with zero attached hydrogens (tertiary/aromatic N) is 1. The van der Waals surface area contributed by atoms with Crippen LogP contribution in [0.1, 0.15) is 19.8 Å². The Morgan fingerprint density at radius 2 is 2.38 bits per heavy atom. The Hall–Kier alpha value is -0.610. The minimum absolute atomic E-state index is 0.119. The van der Waals surface area contributed by atoms with E-state index in [0.717, 1.165) is 12.8 Å². The van der Waals surface area contributed by atoms with Gasteiger partial charge in [0, 0.05) is 12.6 Å². The quantitative estimate of drug-likeness (QED) is 0.642. The van der Waals surface area contributed by atoms with Crippen molar-refractivity contribution < 1.29 is 9.53 Å². The highest BCUT2D eigenvalue weighted by Crippen LogP contribution is 2.31. The zero-order valence-electron chi connectivity index (χ0n) is 7.95. The lowest BCUT2D eigenvalue weighted by Crippen LogP contribution is -2.57. The Kier molecular flexibility index (Phi) is 2.04. The topological polar surface area (TPSA) is 55.6 Å². The molecule has 1 amide bonds. The van der Waals surface area contributed by atoms with Gasteiger partial charge in [0.05, 0.1) is 12.1 Å². The van der Waals surface area contributed by atoms with Gasteiger partial charge in [-0.15, -0.1) is 0 Å². The maximum atomic E-state index is 11.4. The third kappa shape index (κ3) is 1.69. The second kappa shape index (κ2) is 2.96. The summed E-state index contributed by atoms with van der Waals surface area (Å²) in [5.41, 5.74) is 5.28. The molecule has 0 spiro atoms. The first kappa shape index (κ1) is 8.97. The van der Waals surface area contributed by atoms with Crippen LogP contribution in [0.15, 0.2) is 0 Å². The van der Waals surface area contributed by atoms with E-state index in [9.17, 15) is 4.79 Å².